The van der Waals surface area contributed by atoms with E-state index in [4.69, 9.17) is 0 Å². The van der Waals surface area contributed by atoms with Gasteiger partial charge in [-0.3, -0.25) is 0 Å². The second-order valence-corrected chi connectivity index (χ2v) is 18.7. The predicted octanol–water partition coefficient (Wildman–Crippen LogP) is 11.6. The minimum atomic E-state index is -0.0667. The van der Waals surface area contributed by atoms with Crippen molar-refractivity contribution >= 4 is 78.8 Å². The summed E-state index contributed by atoms with van der Waals surface area (Å²) in [5.74, 6) is 0. The third-order valence-electron chi connectivity index (χ3n) is 13.3. The molecule has 0 saturated heterocycles. The van der Waals surface area contributed by atoms with Crippen LogP contribution in [0.25, 0.3) is 21.5 Å². The quantitative estimate of drug-likeness (QED) is 0.165. The fraction of sp³-hybridized carbons (Fsp3) is 0.269. The highest BCUT2D eigenvalue weighted by Crippen LogP contribution is 2.50. The number of nitrogens with zero attached hydrogens (tertiary/aromatic N) is 2. The summed E-state index contributed by atoms with van der Waals surface area (Å²) in [7, 11) is 0. The zero-order chi connectivity index (χ0) is 37.4. The normalized spacial score (nSPS) is 15.6. The van der Waals surface area contributed by atoms with E-state index in [1.807, 2.05) is 0 Å². The lowest BCUT2D eigenvalue weighted by molar-refractivity contribution is 0.590. The van der Waals surface area contributed by atoms with Gasteiger partial charge in [0, 0.05) is 39.2 Å². The minimum absolute atomic E-state index is 0.00464. The van der Waals surface area contributed by atoms with Crippen LogP contribution < -0.4 is 26.2 Å². The number of anilines is 6. The average molecular weight is 713 g/mol. The smallest absolute Gasteiger partial charge is 0.252 e. The third-order valence-corrected chi connectivity index (χ3v) is 13.3. The number of benzene rings is 7. The molecule has 2 aliphatic heterocycles. The molecule has 0 bridgehead atoms. The standard InChI is InChI=1S/C52H49BN2/c1-51(2,3)36-25-26-41-44(29-36)55(43-27-24-34-16-10-14-32-17-12-22-39(43)47(32)34)46-31-37(52(4,5)6)30-45-49(46)53(41)42-28-35-19-11-15-33-18-13-23-40(48(33)35)50(42)54(45)38-20-8-7-9-21-38/h7-9,12-13,17-18,20-31H,10-11,14-16,19H2,1-6H3. The number of aryl methyl sites for hydroxylation is 4. The van der Waals surface area contributed by atoms with Crippen LogP contribution in [-0.4, -0.2) is 6.71 Å². The van der Waals surface area contributed by atoms with Gasteiger partial charge in [0.2, 0.25) is 0 Å². The summed E-state index contributed by atoms with van der Waals surface area (Å²) in [6, 6.07) is 45.4. The fourth-order valence-electron chi connectivity index (χ4n) is 10.6. The molecule has 3 heteroatoms. The Morgan fingerprint density at radius 2 is 1.05 bits per heavy atom. The molecule has 0 fully saturated rings. The Morgan fingerprint density at radius 3 is 1.75 bits per heavy atom. The van der Waals surface area contributed by atoms with Gasteiger partial charge in [0.15, 0.2) is 0 Å². The van der Waals surface area contributed by atoms with E-state index in [-0.39, 0.29) is 17.5 Å². The lowest BCUT2D eigenvalue weighted by Crippen LogP contribution is -2.61. The molecular weight excluding hydrogens is 663 g/mol. The van der Waals surface area contributed by atoms with Crippen LogP contribution in [0, 0.1) is 0 Å². The Hall–Kier alpha value is -5.28. The van der Waals surface area contributed by atoms with E-state index in [0.717, 1.165) is 25.7 Å². The van der Waals surface area contributed by atoms with E-state index in [1.54, 1.807) is 0 Å². The van der Waals surface area contributed by atoms with Crippen LogP contribution in [0.3, 0.4) is 0 Å². The van der Waals surface area contributed by atoms with Crippen LogP contribution in [0.2, 0.25) is 0 Å². The molecular formula is C52H49BN2. The monoisotopic (exact) mass is 712 g/mol. The van der Waals surface area contributed by atoms with Gasteiger partial charge < -0.3 is 9.80 Å². The molecule has 11 rings (SSSR count). The summed E-state index contributed by atoms with van der Waals surface area (Å²) < 4.78 is 0. The van der Waals surface area contributed by atoms with Crippen molar-refractivity contribution in [3.63, 3.8) is 0 Å². The molecule has 2 heterocycles. The molecule has 2 aliphatic carbocycles. The molecule has 0 radical (unpaired) electrons. The molecule has 0 N–H and O–H groups in total. The molecule has 0 amide bonds. The summed E-state index contributed by atoms with van der Waals surface area (Å²) >= 11 is 0. The average Bonchev–Trinajstić information content (AvgIpc) is 3.18. The molecule has 0 unspecified atom stereocenters. The van der Waals surface area contributed by atoms with Crippen molar-refractivity contribution in [1.29, 1.82) is 0 Å². The van der Waals surface area contributed by atoms with Gasteiger partial charge in [-0.2, -0.15) is 0 Å². The first-order valence-corrected chi connectivity index (χ1v) is 20.7. The Kier molecular flexibility index (Phi) is 6.99. The first-order chi connectivity index (χ1) is 26.6. The van der Waals surface area contributed by atoms with Gasteiger partial charge in [0.25, 0.3) is 6.71 Å². The van der Waals surface area contributed by atoms with Crippen LogP contribution >= 0.6 is 0 Å². The third kappa shape index (κ3) is 4.81. The first kappa shape index (κ1) is 33.1. The molecule has 55 heavy (non-hydrogen) atoms. The molecule has 7 aromatic rings. The molecule has 0 saturated carbocycles. The zero-order valence-electron chi connectivity index (χ0n) is 33.2. The summed E-state index contributed by atoms with van der Waals surface area (Å²) in [6.45, 7) is 14.3. The van der Waals surface area contributed by atoms with Gasteiger partial charge in [0.05, 0.1) is 5.69 Å². The summed E-state index contributed by atoms with van der Waals surface area (Å²) in [5, 5.41) is 5.71. The fourth-order valence-corrected chi connectivity index (χ4v) is 10.6. The van der Waals surface area contributed by atoms with Crippen molar-refractivity contribution in [1.82, 2.24) is 0 Å². The van der Waals surface area contributed by atoms with Crippen LogP contribution in [0.4, 0.5) is 34.1 Å². The van der Waals surface area contributed by atoms with E-state index in [0.29, 0.717) is 0 Å². The maximum absolute atomic E-state index is 2.68. The maximum atomic E-state index is 2.68. The Morgan fingerprint density at radius 1 is 0.455 bits per heavy atom. The predicted molar refractivity (Wildman–Crippen MR) is 237 cm³/mol. The van der Waals surface area contributed by atoms with Crippen molar-refractivity contribution in [2.24, 2.45) is 0 Å². The van der Waals surface area contributed by atoms with Crippen LogP contribution in [0.5, 0.6) is 0 Å². The van der Waals surface area contributed by atoms with Gasteiger partial charge in [0.1, 0.15) is 0 Å². The van der Waals surface area contributed by atoms with E-state index in [9.17, 15) is 0 Å². The Balaban J connectivity index is 1.32. The molecule has 7 aromatic carbocycles. The number of hydrogen-bond donors (Lipinski definition) is 0. The van der Waals surface area contributed by atoms with Crippen molar-refractivity contribution < 1.29 is 0 Å². The van der Waals surface area contributed by atoms with Crippen molar-refractivity contribution in [3.8, 4) is 0 Å². The lowest BCUT2D eigenvalue weighted by atomic mass is 9.33. The largest absolute Gasteiger partial charge is 0.311 e. The molecule has 4 aliphatic rings. The second-order valence-electron chi connectivity index (χ2n) is 18.7. The van der Waals surface area contributed by atoms with Crippen LogP contribution in [0.1, 0.15) is 87.8 Å². The van der Waals surface area contributed by atoms with Crippen molar-refractivity contribution in [2.75, 3.05) is 9.80 Å². The first-order valence-electron chi connectivity index (χ1n) is 20.7. The number of rotatable bonds is 2. The van der Waals surface area contributed by atoms with Gasteiger partial charge in [-0.15, -0.1) is 0 Å². The highest BCUT2D eigenvalue weighted by molar-refractivity contribution is 7.00. The minimum Gasteiger partial charge on any atom is -0.311 e. The molecule has 0 aromatic heterocycles. The number of hydrogen-bond acceptors (Lipinski definition) is 2. The molecule has 270 valence electrons. The highest BCUT2D eigenvalue weighted by atomic mass is 15.2. The molecule has 0 atom stereocenters. The lowest BCUT2D eigenvalue weighted by Gasteiger charge is -2.46. The Labute approximate surface area is 326 Å². The van der Waals surface area contributed by atoms with E-state index in [2.05, 4.69) is 167 Å². The highest BCUT2D eigenvalue weighted by Gasteiger charge is 2.45. The Bertz CT molecular complexity index is 2740. The van der Waals surface area contributed by atoms with E-state index < -0.39 is 0 Å². The summed E-state index contributed by atoms with van der Waals surface area (Å²) in [5.41, 5.74) is 20.7. The second kappa shape index (κ2) is 11.6. The van der Waals surface area contributed by atoms with Crippen molar-refractivity contribution in [2.45, 2.75) is 90.9 Å². The van der Waals surface area contributed by atoms with Crippen LogP contribution in [0.15, 0.2) is 115 Å². The topological polar surface area (TPSA) is 6.48 Å². The van der Waals surface area contributed by atoms with Crippen molar-refractivity contribution in [3.05, 3.63) is 149 Å². The van der Waals surface area contributed by atoms with Gasteiger partial charge >= 0.3 is 0 Å². The molecule has 0 spiro atoms. The number of para-hydroxylation sites is 1. The SMILES string of the molecule is CC(C)(C)c1ccc2c(c1)N(c1ccc3c4c(cccc14)CCC3)c1cc(C(C)(C)C)cc3c1B2c1cc2c4c(cccc4c1N3c1ccccc1)CCC2. The summed E-state index contributed by atoms with van der Waals surface area (Å²) in [6.07, 6.45) is 7.01. The maximum Gasteiger partial charge on any atom is 0.252 e. The van der Waals surface area contributed by atoms with Crippen LogP contribution in [-0.2, 0) is 36.5 Å². The van der Waals surface area contributed by atoms with Gasteiger partial charge in [-0.1, -0.05) is 120 Å². The van der Waals surface area contributed by atoms with Gasteiger partial charge in [-0.05, 0) is 146 Å². The zero-order valence-corrected chi connectivity index (χ0v) is 33.2. The van der Waals surface area contributed by atoms with Gasteiger partial charge in [-0.25, -0.2) is 0 Å². The van der Waals surface area contributed by atoms with E-state index in [1.165, 1.54) is 118 Å². The van der Waals surface area contributed by atoms with E-state index >= 15 is 0 Å². The summed E-state index contributed by atoms with van der Waals surface area (Å²) in [4.78, 5) is 5.33. The number of fused-ring (bicyclic) bond motifs is 5. The molecule has 2 nitrogen and oxygen atoms in total.